The maximum absolute atomic E-state index is 8.61. The third-order valence-electron chi connectivity index (χ3n) is 0.694. The Morgan fingerprint density at radius 1 is 1.67 bits per heavy atom. The molecule has 0 bridgehead atoms. The van der Waals surface area contributed by atoms with Crippen LogP contribution in [0.2, 0.25) is 0 Å². The molecule has 1 N–H and O–H groups in total. The molecule has 0 saturated heterocycles. The summed E-state index contributed by atoms with van der Waals surface area (Å²) in [5.74, 6) is 0. The van der Waals surface area contributed by atoms with Crippen LogP contribution in [0.5, 0.6) is 0 Å². The molecule has 0 aliphatic carbocycles. The molecule has 4 nitrogen and oxygen atoms in total. The van der Waals surface area contributed by atoms with Crippen LogP contribution in [0.4, 0.5) is 0 Å². The molecule has 0 heterocycles. The Bertz CT molecular complexity index is 215. The second kappa shape index (κ2) is 6.46. The van der Waals surface area contributed by atoms with Crippen molar-refractivity contribution in [2.24, 2.45) is 9.98 Å². The van der Waals surface area contributed by atoms with Gasteiger partial charge in [0.05, 0.1) is 0 Å². The van der Waals surface area contributed by atoms with Crippen molar-refractivity contribution in [1.82, 2.24) is 4.90 Å². The van der Waals surface area contributed by atoms with Crippen LogP contribution in [-0.4, -0.2) is 46.4 Å². The van der Waals surface area contributed by atoms with Crippen LogP contribution in [-0.2, 0) is 19.4 Å². The van der Waals surface area contributed by atoms with Crippen molar-refractivity contribution >= 4 is 27.3 Å². The summed E-state index contributed by atoms with van der Waals surface area (Å²) < 4.78 is 0.601. The molecule has 0 radical (unpaired) electrons. The summed E-state index contributed by atoms with van der Waals surface area (Å²) >= 11 is 6.65. The molecule has 6 heteroatoms. The number of rotatable bonds is 3. The van der Waals surface area contributed by atoms with E-state index >= 15 is 0 Å². The van der Waals surface area contributed by atoms with Crippen molar-refractivity contribution in [2.75, 3.05) is 20.7 Å². The Kier molecular flexibility index (Phi) is 6.43. The van der Waals surface area contributed by atoms with Gasteiger partial charge in [0.2, 0.25) is 0 Å². The van der Waals surface area contributed by atoms with Crippen LogP contribution in [0.15, 0.2) is 9.98 Å². The van der Waals surface area contributed by atoms with Crippen molar-refractivity contribution in [2.45, 2.75) is 0 Å². The average molecular weight is 358 g/mol. The zero-order chi connectivity index (χ0) is 9.56. The van der Waals surface area contributed by atoms with Crippen LogP contribution in [0.1, 0.15) is 0 Å². The number of hydrogen-bond donors (Lipinski definition) is 1. The summed E-state index contributed by atoms with van der Waals surface area (Å²) in [5, 5.41) is 8.69. The summed E-state index contributed by atoms with van der Waals surface area (Å²) in [4.78, 5) is 9.11. The van der Waals surface area contributed by atoms with E-state index in [1.807, 2.05) is 0 Å². The van der Waals surface area contributed by atoms with Gasteiger partial charge >= 0.3 is 87.3 Å². The van der Waals surface area contributed by atoms with Gasteiger partial charge in [0.25, 0.3) is 0 Å². The fraction of sp³-hybridized carbons (Fsp3) is 0.500. The van der Waals surface area contributed by atoms with Crippen molar-refractivity contribution in [3.05, 3.63) is 0 Å². The van der Waals surface area contributed by atoms with Crippen molar-refractivity contribution < 1.29 is 24.5 Å². The van der Waals surface area contributed by atoms with Gasteiger partial charge in [-0.25, -0.2) is 0 Å². The van der Waals surface area contributed by atoms with Crippen LogP contribution < -0.4 is 0 Å². The molecule has 0 aromatic rings. The van der Waals surface area contributed by atoms with Gasteiger partial charge in [0, 0.05) is 0 Å². The van der Waals surface area contributed by atoms with Crippen molar-refractivity contribution in [3.8, 4) is 0 Å². The Morgan fingerprint density at radius 3 is 2.67 bits per heavy atom. The van der Waals surface area contributed by atoms with Crippen LogP contribution >= 0.6 is 11.6 Å². The van der Waals surface area contributed by atoms with Crippen molar-refractivity contribution in [3.63, 3.8) is 0 Å². The van der Waals surface area contributed by atoms with Crippen molar-refractivity contribution in [1.29, 1.82) is 0 Å². The molecule has 0 aromatic heterocycles. The summed E-state index contributed by atoms with van der Waals surface area (Å²) in [5.41, 5.74) is 0. The summed E-state index contributed by atoms with van der Waals surface area (Å²) in [6.45, 7) is -0.0803. The molecular weight excluding hydrogens is 349 g/mol. The van der Waals surface area contributed by atoms with E-state index in [4.69, 9.17) is 16.7 Å². The van der Waals surface area contributed by atoms with Crippen LogP contribution in [0.3, 0.4) is 0 Å². The number of amidine groups is 1. The van der Waals surface area contributed by atoms with E-state index in [9.17, 15) is 0 Å². The fourth-order valence-electron chi connectivity index (χ4n) is 0.305. The van der Waals surface area contributed by atoms with Gasteiger partial charge in [-0.1, -0.05) is 0 Å². The molecule has 0 aliphatic rings. The number of aliphatic imine (C=N–C) groups is 2. The second-order valence-corrected chi connectivity index (χ2v) is 4.07. The van der Waals surface area contributed by atoms with Crippen LogP contribution in [0.25, 0.3) is 0 Å². The Hall–Kier alpha value is -0.0517. The van der Waals surface area contributed by atoms with E-state index in [-0.39, 0.29) is 11.9 Å². The number of aliphatic hydroxyl groups excluding tert-OH is 1. The minimum atomic E-state index is -0.0803. The molecule has 0 aliphatic heterocycles. The molecule has 0 amide bonds. The predicted octanol–water partition coefficient (Wildman–Crippen LogP) is -0.283. The number of nitrogens with zero attached hydrogens (tertiary/aromatic N) is 3. The van der Waals surface area contributed by atoms with Gasteiger partial charge in [-0.05, 0) is 0 Å². The third-order valence-corrected chi connectivity index (χ3v) is 1.66. The Labute approximate surface area is 87.4 Å². The monoisotopic (exact) mass is 358 g/mol. The molecule has 12 heavy (non-hydrogen) atoms. The number of aliphatic hydroxyl groups is 1. The topological polar surface area (TPSA) is 48.2 Å². The van der Waals surface area contributed by atoms with E-state index in [1.165, 1.54) is 0 Å². The first-order chi connectivity index (χ1) is 5.56. The molecule has 0 fully saturated rings. The molecular formula is C6H9ClN3OW-. The van der Waals surface area contributed by atoms with E-state index in [0.29, 0.717) is 4.02 Å². The standard InChI is InChI=1S/C6H9ClN3O.W/c1-10(2)5-9-6(7)8-3-4-11;/h11H,4H2,1-2H3;/q-1;. The minimum absolute atomic E-state index is 0.0803. The van der Waals surface area contributed by atoms with Gasteiger partial charge in [0.15, 0.2) is 0 Å². The Balaban J connectivity index is 4.11. The summed E-state index contributed by atoms with van der Waals surface area (Å²) in [6.07, 6.45) is 2.58. The van der Waals surface area contributed by atoms with Gasteiger partial charge < -0.3 is 0 Å². The SMILES string of the molecule is CN(C)[C-]=NC(Cl)=N[C](=[W])CO. The molecule has 0 unspecified atom stereocenters. The van der Waals surface area contributed by atoms with Gasteiger partial charge in [0.1, 0.15) is 0 Å². The quantitative estimate of drug-likeness (QED) is 0.248. The molecule has 0 atom stereocenters. The second-order valence-electron chi connectivity index (χ2n) is 2.04. The number of halogens is 1. The summed E-state index contributed by atoms with van der Waals surface area (Å²) in [6, 6.07) is 0. The first-order valence-electron chi connectivity index (χ1n) is 3.08. The molecule has 0 aromatic carbocycles. The zero-order valence-electron chi connectivity index (χ0n) is 6.78. The van der Waals surface area contributed by atoms with E-state index < -0.39 is 0 Å². The first kappa shape index (κ1) is 11.9. The number of hydrogen-bond acceptors (Lipinski definition) is 2. The summed E-state index contributed by atoms with van der Waals surface area (Å²) in [7, 11) is 3.56. The first-order valence-corrected chi connectivity index (χ1v) is 4.92. The molecule has 0 spiro atoms. The Morgan fingerprint density at radius 2 is 2.25 bits per heavy atom. The molecule has 68 valence electrons. The molecule has 0 rings (SSSR count). The fourth-order valence-corrected chi connectivity index (χ4v) is 0.955. The van der Waals surface area contributed by atoms with E-state index in [2.05, 4.69) is 16.3 Å². The molecule has 0 saturated carbocycles. The van der Waals surface area contributed by atoms with Gasteiger partial charge in [-0.3, -0.25) is 0 Å². The van der Waals surface area contributed by atoms with Gasteiger partial charge in [-0.15, -0.1) is 0 Å². The predicted molar refractivity (Wildman–Crippen MR) is 46.5 cm³/mol. The third kappa shape index (κ3) is 6.65. The van der Waals surface area contributed by atoms with Gasteiger partial charge in [-0.2, -0.15) is 0 Å². The van der Waals surface area contributed by atoms with E-state index in [1.54, 1.807) is 19.0 Å². The van der Waals surface area contributed by atoms with Crippen LogP contribution in [0, 0.1) is 0 Å². The average Bonchev–Trinajstić information content (AvgIpc) is 2.00. The van der Waals surface area contributed by atoms with E-state index in [0.717, 1.165) is 19.4 Å². The normalized spacial score (nSPS) is 12.2. The maximum atomic E-state index is 8.61. The zero-order valence-corrected chi connectivity index (χ0v) is 10.5.